The molecule has 0 aromatic carbocycles. The highest BCUT2D eigenvalue weighted by molar-refractivity contribution is 7.19. The number of anilines is 1. The molecule has 3 unspecified atom stereocenters. The molecule has 0 radical (unpaired) electrons. The second-order valence-electron chi connectivity index (χ2n) is 8.49. The largest absolute Gasteiger partial charge is 0.367 e. The van der Waals surface area contributed by atoms with Crippen LogP contribution in [0.5, 0.6) is 0 Å². The van der Waals surface area contributed by atoms with Gasteiger partial charge in [0.1, 0.15) is 23.1 Å². The summed E-state index contributed by atoms with van der Waals surface area (Å²) in [5.74, 6) is 1.46. The van der Waals surface area contributed by atoms with Gasteiger partial charge in [-0.25, -0.2) is 9.97 Å². The molecule has 3 aliphatic rings. The van der Waals surface area contributed by atoms with Gasteiger partial charge < -0.3 is 20.1 Å². The van der Waals surface area contributed by atoms with Gasteiger partial charge in [-0.05, 0) is 70.5 Å². The van der Waals surface area contributed by atoms with Crippen LogP contribution in [0.3, 0.4) is 0 Å². The highest BCUT2D eigenvalue weighted by Gasteiger charge is 2.41. The molecule has 2 fully saturated rings. The van der Waals surface area contributed by atoms with Crippen molar-refractivity contribution in [3.8, 4) is 0 Å². The fraction of sp³-hybridized carbons (Fsp3) is 0.700. The summed E-state index contributed by atoms with van der Waals surface area (Å²) in [5, 5.41) is 14.6. The van der Waals surface area contributed by atoms with Crippen molar-refractivity contribution < 1.29 is 9.84 Å². The molecule has 2 aliphatic carbocycles. The van der Waals surface area contributed by atoms with Gasteiger partial charge in [-0.15, -0.1) is 11.3 Å². The molecule has 0 bridgehead atoms. The first kappa shape index (κ1) is 17.8. The number of aliphatic hydroxyl groups excluding tert-OH is 1. The Bertz CT molecular complexity index is 831. The average molecular weight is 389 g/mol. The van der Waals surface area contributed by atoms with Gasteiger partial charge in [-0.1, -0.05) is 0 Å². The summed E-state index contributed by atoms with van der Waals surface area (Å²) in [7, 11) is 4.36. The van der Waals surface area contributed by atoms with Crippen molar-refractivity contribution in [3.63, 3.8) is 0 Å². The van der Waals surface area contributed by atoms with E-state index in [-0.39, 0.29) is 6.10 Å². The number of thiophene rings is 1. The SMILES string of the molecule is CN(C)[C@H]1CC[C@H](Nc2ncnc3sc4c(c23)C(CC2OC2O)CC4)CC1. The number of aromatic nitrogens is 2. The Labute approximate surface area is 164 Å². The fourth-order valence-electron chi connectivity index (χ4n) is 4.93. The first-order valence-corrected chi connectivity index (χ1v) is 10.9. The van der Waals surface area contributed by atoms with Gasteiger partial charge in [-0.3, -0.25) is 0 Å². The summed E-state index contributed by atoms with van der Waals surface area (Å²) in [6.07, 6.45) is 9.16. The topological polar surface area (TPSA) is 73.8 Å². The Morgan fingerprint density at radius 2 is 2.00 bits per heavy atom. The van der Waals surface area contributed by atoms with Crippen molar-refractivity contribution in [3.05, 3.63) is 16.8 Å². The van der Waals surface area contributed by atoms with E-state index >= 15 is 0 Å². The maximum Gasteiger partial charge on any atom is 0.181 e. The van der Waals surface area contributed by atoms with E-state index in [1.54, 1.807) is 6.33 Å². The summed E-state index contributed by atoms with van der Waals surface area (Å²) in [6.45, 7) is 0. The zero-order valence-corrected chi connectivity index (χ0v) is 16.8. The van der Waals surface area contributed by atoms with Gasteiger partial charge in [-0.2, -0.15) is 0 Å². The summed E-state index contributed by atoms with van der Waals surface area (Å²) in [4.78, 5) is 14.1. The van der Waals surface area contributed by atoms with Crippen LogP contribution < -0.4 is 5.32 Å². The number of fused-ring (bicyclic) bond motifs is 3. The van der Waals surface area contributed by atoms with Crippen LogP contribution in [-0.2, 0) is 11.2 Å². The predicted molar refractivity (Wildman–Crippen MR) is 107 cm³/mol. The number of nitrogens with one attached hydrogen (secondary N) is 1. The van der Waals surface area contributed by atoms with Crippen LogP contribution >= 0.6 is 11.3 Å². The minimum atomic E-state index is -0.556. The van der Waals surface area contributed by atoms with Gasteiger partial charge >= 0.3 is 0 Å². The van der Waals surface area contributed by atoms with Crippen molar-refractivity contribution in [1.82, 2.24) is 14.9 Å². The molecule has 1 saturated heterocycles. The van der Waals surface area contributed by atoms with Gasteiger partial charge in [0.2, 0.25) is 0 Å². The van der Waals surface area contributed by atoms with E-state index in [1.807, 2.05) is 11.3 Å². The lowest BCUT2D eigenvalue weighted by Crippen LogP contribution is -2.36. The van der Waals surface area contributed by atoms with Crippen LogP contribution in [0.15, 0.2) is 6.33 Å². The van der Waals surface area contributed by atoms with Crippen LogP contribution in [-0.4, -0.2) is 58.5 Å². The molecule has 3 heterocycles. The normalized spacial score (nSPS) is 32.8. The van der Waals surface area contributed by atoms with Crippen LogP contribution in [0, 0.1) is 0 Å². The molecular weight excluding hydrogens is 360 g/mol. The number of nitrogens with zero attached hydrogens (tertiary/aromatic N) is 3. The number of rotatable bonds is 5. The molecule has 7 heteroatoms. The zero-order chi connectivity index (χ0) is 18.5. The van der Waals surface area contributed by atoms with E-state index in [1.165, 1.54) is 41.5 Å². The molecule has 5 rings (SSSR count). The Balaban J connectivity index is 1.39. The van der Waals surface area contributed by atoms with Gasteiger partial charge in [0, 0.05) is 17.0 Å². The van der Waals surface area contributed by atoms with Crippen molar-refractivity contribution in [1.29, 1.82) is 0 Å². The second-order valence-corrected chi connectivity index (χ2v) is 9.57. The minimum absolute atomic E-state index is 0.0123. The van der Waals surface area contributed by atoms with Crippen LogP contribution in [0.4, 0.5) is 5.82 Å². The number of ether oxygens (including phenoxy) is 1. The third-order valence-corrected chi connectivity index (χ3v) is 7.74. The molecule has 3 atom stereocenters. The van der Waals surface area contributed by atoms with Crippen molar-refractivity contribution >= 4 is 27.4 Å². The smallest absolute Gasteiger partial charge is 0.181 e. The minimum Gasteiger partial charge on any atom is -0.367 e. The molecule has 6 nitrogen and oxygen atoms in total. The third kappa shape index (κ3) is 3.35. The van der Waals surface area contributed by atoms with E-state index in [9.17, 15) is 5.11 Å². The summed E-state index contributed by atoms with van der Waals surface area (Å²) in [6, 6.07) is 1.19. The van der Waals surface area contributed by atoms with Gasteiger partial charge in [0.25, 0.3) is 0 Å². The number of hydrogen-bond acceptors (Lipinski definition) is 7. The Morgan fingerprint density at radius 3 is 2.70 bits per heavy atom. The number of epoxide rings is 1. The fourth-order valence-corrected chi connectivity index (χ4v) is 6.17. The highest BCUT2D eigenvalue weighted by atomic mass is 32.1. The first-order valence-electron chi connectivity index (χ1n) is 10.1. The van der Waals surface area contributed by atoms with Crippen molar-refractivity contribution in [2.24, 2.45) is 0 Å². The lowest BCUT2D eigenvalue weighted by Gasteiger charge is -2.33. The van der Waals surface area contributed by atoms with Crippen molar-refractivity contribution in [2.75, 3.05) is 19.4 Å². The quantitative estimate of drug-likeness (QED) is 0.767. The van der Waals surface area contributed by atoms with E-state index in [0.29, 0.717) is 18.0 Å². The predicted octanol–water partition coefficient (Wildman–Crippen LogP) is 3.11. The molecule has 0 spiro atoms. The summed E-state index contributed by atoms with van der Waals surface area (Å²) < 4.78 is 5.27. The maximum atomic E-state index is 9.57. The number of aryl methyl sites for hydroxylation is 1. The molecule has 2 aromatic heterocycles. The molecule has 1 saturated carbocycles. The second kappa shape index (κ2) is 6.95. The maximum absolute atomic E-state index is 9.57. The molecule has 0 amide bonds. The molecule has 1 aliphatic heterocycles. The lowest BCUT2D eigenvalue weighted by molar-refractivity contribution is 0.156. The monoisotopic (exact) mass is 388 g/mol. The molecule has 27 heavy (non-hydrogen) atoms. The molecular formula is C20H28N4O2S. The van der Waals surface area contributed by atoms with Crippen LogP contribution in [0.2, 0.25) is 0 Å². The van der Waals surface area contributed by atoms with E-state index in [2.05, 4.69) is 34.3 Å². The molecule has 146 valence electrons. The summed E-state index contributed by atoms with van der Waals surface area (Å²) in [5.41, 5.74) is 1.42. The first-order chi connectivity index (χ1) is 13.1. The highest BCUT2D eigenvalue weighted by Crippen LogP contribution is 2.48. The van der Waals surface area contributed by atoms with Gasteiger partial charge in [0.15, 0.2) is 6.29 Å². The average Bonchev–Trinajstić information content (AvgIpc) is 3.04. The zero-order valence-electron chi connectivity index (χ0n) is 16.0. The summed E-state index contributed by atoms with van der Waals surface area (Å²) >= 11 is 1.82. The van der Waals surface area contributed by atoms with Crippen LogP contribution in [0.25, 0.3) is 10.2 Å². The molecule has 2 aromatic rings. The van der Waals surface area contributed by atoms with Crippen molar-refractivity contribution in [2.45, 2.75) is 75.3 Å². The van der Waals surface area contributed by atoms with Crippen LogP contribution in [0.1, 0.15) is 54.9 Å². The number of hydrogen-bond donors (Lipinski definition) is 2. The Kier molecular flexibility index (Phi) is 4.58. The standard InChI is InChI=1S/C20H28N4O2S/c1-24(2)13-6-4-12(5-7-13)23-18-17-16-11(9-14-20(25)26-14)3-8-15(16)27-19(17)22-10-21-18/h10-14,20,25H,3-9H2,1-2H3,(H,21,22,23)/t11?,12-,13-,14?,20?. The number of aliphatic hydroxyl groups is 1. The van der Waals surface area contributed by atoms with E-state index < -0.39 is 6.29 Å². The molecule has 2 N–H and O–H groups in total. The van der Waals surface area contributed by atoms with Gasteiger partial charge in [0.05, 0.1) is 5.39 Å². The van der Waals surface area contributed by atoms with E-state index in [4.69, 9.17) is 4.74 Å². The Hall–Kier alpha value is -1.28. The van der Waals surface area contributed by atoms with E-state index in [0.717, 1.165) is 29.9 Å². The third-order valence-electron chi connectivity index (χ3n) is 6.57. The lowest BCUT2D eigenvalue weighted by atomic mass is 9.90. The Morgan fingerprint density at radius 1 is 1.22 bits per heavy atom.